The normalized spacial score (nSPS) is 33.4. The minimum Gasteiger partial charge on any atom is -0.387 e. The molecule has 3 aromatic rings. The number of phosphoric acid groups is 1. The largest absolute Gasteiger partial charge is 0.475 e. The minimum absolute atomic E-state index is 0.118. The molecule has 11 nitrogen and oxygen atoms in total. The minimum atomic E-state index is -4.00. The first-order valence-electron chi connectivity index (χ1n) is 10.7. The van der Waals surface area contributed by atoms with E-state index in [4.69, 9.17) is 47.2 Å². The van der Waals surface area contributed by atoms with Crippen LogP contribution in [0.5, 0.6) is 0 Å². The molecule has 0 aliphatic carbocycles. The molecule has 188 valence electrons. The van der Waals surface area contributed by atoms with E-state index in [2.05, 4.69) is 9.97 Å². The first-order valence-corrected chi connectivity index (χ1v) is 13.0. The maximum absolute atomic E-state index is 13.2. The molecule has 0 amide bonds. The van der Waals surface area contributed by atoms with Crippen LogP contribution in [0.15, 0.2) is 36.8 Å². The zero-order chi connectivity index (χ0) is 25.0. The summed E-state index contributed by atoms with van der Waals surface area (Å²) in [5.74, 6) is 0.271. The second-order valence-corrected chi connectivity index (χ2v) is 11.0. The summed E-state index contributed by atoms with van der Waals surface area (Å²) in [4.78, 5) is 8.15. The lowest BCUT2D eigenvalue weighted by atomic mass is 9.96. The average molecular weight is 545 g/mol. The van der Waals surface area contributed by atoms with Crippen molar-refractivity contribution in [1.29, 1.82) is 0 Å². The Kier molecular flexibility index (Phi) is 6.58. The Balaban J connectivity index is 1.30. The van der Waals surface area contributed by atoms with E-state index >= 15 is 0 Å². The summed E-state index contributed by atoms with van der Waals surface area (Å²) in [6, 6.07) is 6.66. The second kappa shape index (κ2) is 9.26. The van der Waals surface area contributed by atoms with Gasteiger partial charge in [0.2, 0.25) is 0 Å². The maximum Gasteiger partial charge on any atom is 0.475 e. The first-order chi connectivity index (χ1) is 16.6. The molecule has 14 heteroatoms. The molecule has 4 N–H and O–H groups in total. The number of fused-ring (bicyclic) bond motifs is 1. The fourth-order valence-electron chi connectivity index (χ4n) is 4.24. The predicted molar refractivity (Wildman–Crippen MR) is 127 cm³/mol. The number of aromatic nitrogens is 3. The fraction of sp³-hybridized carbons (Fsp3) is 0.429. The molecule has 1 aromatic carbocycles. The molecule has 0 spiro atoms. The van der Waals surface area contributed by atoms with Crippen LogP contribution in [0.1, 0.15) is 31.2 Å². The number of benzene rings is 1. The lowest BCUT2D eigenvalue weighted by molar-refractivity contribution is -0.0950. The summed E-state index contributed by atoms with van der Waals surface area (Å²) in [6.45, 7) is 1.18. The number of hydrogen-bond donors (Lipinski definition) is 3. The van der Waals surface area contributed by atoms with E-state index in [1.807, 2.05) is 0 Å². The van der Waals surface area contributed by atoms with Crippen LogP contribution in [0.25, 0.3) is 11.0 Å². The molecule has 2 fully saturated rings. The summed E-state index contributed by atoms with van der Waals surface area (Å²) < 4.78 is 37.1. The van der Waals surface area contributed by atoms with Crippen molar-refractivity contribution in [1.82, 2.24) is 14.5 Å². The van der Waals surface area contributed by atoms with Crippen molar-refractivity contribution in [3.05, 3.63) is 52.4 Å². The van der Waals surface area contributed by atoms with Gasteiger partial charge >= 0.3 is 7.82 Å². The number of aliphatic hydroxyl groups excluding tert-OH is 1. The quantitative estimate of drug-likeness (QED) is 0.406. The summed E-state index contributed by atoms with van der Waals surface area (Å²) >= 11 is 12.1. The molecule has 2 aliphatic rings. The molecule has 0 unspecified atom stereocenters. The van der Waals surface area contributed by atoms with Crippen LogP contribution in [-0.2, 0) is 22.9 Å². The van der Waals surface area contributed by atoms with E-state index < -0.39 is 38.0 Å². The molecule has 2 aliphatic heterocycles. The van der Waals surface area contributed by atoms with Gasteiger partial charge in [-0.15, -0.1) is 0 Å². The molecular weight excluding hydrogens is 522 g/mol. The van der Waals surface area contributed by atoms with Crippen molar-refractivity contribution >= 4 is 47.9 Å². The molecule has 0 saturated carbocycles. The zero-order valence-corrected chi connectivity index (χ0v) is 20.9. The van der Waals surface area contributed by atoms with Gasteiger partial charge in [0, 0.05) is 12.6 Å². The number of aliphatic hydroxyl groups is 2. The Morgan fingerprint density at radius 1 is 1.31 bits per heavy atom. The monoisotopic (exact) mass is 544 g/mol. The van der Waals surface area contributed by atoms with Gasteiger partial charge in [-0.05, 0) is 30.7 Å². The molecule has 5 rings (SSSR count). The molecule has 2 saturated heterocycles. The van der Waals surface area contributed by atoms with E-state index in [0.717, 1.165) is 0 Å². The summed E-state index contributed by atoms with van der Waals surface area (Å²) in [5.41, 5.74) is 5.26. The van der Waals surface area contributed by atoms with Gasteiger partial charge in [0.1, 0.15) is 35.6 Å². The number of anilines is 1. The Hall–Kier alpha value is -1.79. The number of nitrogens with zero attached hydrogens (tertiary/aromatic N) is 3. The Morgan fingerprint density at radius 3 is 2.89 bits per heavy atom. The SMILES string of the molecule is C[C@@]1(O)[C@H](O)[C@@H](CO[P@]2(=O)OCC[C@H](c3ccc(Cl)c(Cl)c3)O2)O[C@H]1n1ccc2c(N)ncnc21. The van der Waals surface area contributed by atoms with Gasteiger partial charge < -0.3 is 25.3 Å². The zero-order valence-electron chi connectivity index (χ0n) is 18.5. The number of ether oxygens (including phenoxy) is 1. The highest BCUT2D eigenvalue weighted by Gasteiger charge is 2.54. The van der Waals surface area contributed by atoms with Crippen LogP contribution >= 0.6 is 31.0 Å². The van der Waals surface area contributed by atoms with Gasteiger partial charge in [0.05, 0.1) is 34.7 Å². The van der Waals surface area contributed by atoms with E-state index in [-0.39, 0.29) is 19.0 Å². The van der Waals surface area contributed by atoms with Gasteiger partial charge in [-0.25, -0.2) is 14.5 Å². The van der Waals surface area contributed by atoms with Crippen molar-refractivity contribution < 1.29 is 33.1 Å². The Labute approximate surface area is 210 Å². The van der Waals surface area contributed by atoms with Crippen molar-refractivity contribution in [2.45, 2.75) is 43.5 Å². The van der Waals surface area contributed by atoms with Gasteiger partial charge in [0.25, 0.3) is 0 Å². The van der Waals surface area contributed by atoms with Crippen LogP contribution in [0, 0.1) is 0 Å². The molecule has 0 radical (unpaired) electrons. The van der Waals surface area contributed by atoms with Crippen LogP contribution in [0.2, 0.25) is 10.0 Å². The van der Waals surface area contributed by atoms with Crippen LogP contribution in [-0.4, -0.2) is 55.8 Å². The third-order valence-electron chi connectivity index (χ3n) is 6.15. The lowest BCUT2D eigenvalue weighted by Crippen LogP contribution is -2.44. The highest BCUT2D eigenvalue weighted by atomic mass is 35.5. The molecule has 2 aromatic heterocycles. The fourth-order valence-corrected chi connectivity index (χ4v) is 5.94. The summed E-state index contributed by atoms with van der Waals surface area (Å²) in [7, 11) is -4.00. The highest BCUT2D eigenvalue weighted by Crippen LogP contribution is 2.57. The standard InChI is InChI=1S/C21H23Cl2N4O7P/c1-21(29)17(28)16(33-20(21)27-6-4-12-18(24)25-10-26-19(12)27)9-32-35(30)31-7-5-15(34-35)11-2-3-13(22)14(23)8-11/h2-4,6,8,10,15-17,20,28-29H,5,7,9H2,1H3,(H2,24,25,26)/t15-,16-,17-,20-,21-,35+/m1/s1. The highest BCUT2D eigenvalue weighted by molar-refractivity contribution is 7.48. The maximum atomic E-state index is 13.2. The lowest BCUT2D eigenvalue weighted by Gasteiger charge is -2.30. The summed E-state index contributed by atoms with van der Waals surface area (Å²) in [6.07, 6.45) is -0.704. The van der Waals surface area contributed by atoms with Crippen LogP contribution in [0.4, 0.5) is 5.82 Å². The predicted octanol–water partition coefficient (Wildman–Crippen LogP) is 3.63. The average Bonchev–Trinajstić information content (AvgIpc) is 3.34. The molecule has 35 heavy (non-hydrogen) atoms. The smallest absolute Gasteiger partial charge is 0.387 e. The molecule has 4 heterocycles. The molecule has 6 atom stereocenters. The third kappa shape index (κ3) is 4.57. The van der Waals surface area contributed by atoms with Crippen molar-refractivity contribution in [2.24, 2.45) is 0 Å². The van der Waals surface area contributed by atoms with Gasteiger partial charge in [-0.3, -0.25) is 13.6 Å². The topological polar surface area (TPSA) is 151 Å². The van der Waals surface area contributed by atoms with E-state index in [9.17, 15) is 14.8 Å². The van der Waals surface area contributed by atoms with E-state index in [0.29, 0.717) is 33.1 Å². The van der Waals surface area contributed by atoms with Crippen molar-refractivity contribution in [3.63, 3.8) is 0 Å². The number of hydrogen-bond acceptors (Lipinski definition) is 10. The number of rotatable bonds is 5. The number of nitrogens with two attached hydrogens (primary N) is 1. The van der Waals surface area contributed by atoms with Crippen LogP contribution in [0.3, 0.4) is 0 Å². The Bertz CT molecular complexity index is 1310. The van der Waals surface area contributed by atoms with E-state index in [1.165, 1.54) is 13.3 Å². The number of phosphoric ester groups is 1. The second-order valence-electron chi connectivity index (χ2n) is 8.55. The molecular formula is C21H23Cl2N4O7P. The van der Waals surface area contributed by atoms with Gasteiger partial charge in [-0.2, -0.15) is 0 Å². The Morgan fingerprint density at radius 2 is 2.11 bits per heavy atom. The van der Waals surface area contributed by atoms with Crippen molar-refractivity contribution in [2.75, 3.05) is 18.9 Å². The number of nitrogen functional groups attached to an aromatic ring is 1. The van der Waals surface area contributed by atoms with Crippen molar-refractivity contribution in [3.8, 4) is 0 Å². The van der Waals surface area contributed by atoms with Gasteiger partial charge in [-0.1, -0.05) is 29.3 Å². The van der Waals surface area contributed by atoms with E-state index in [1.54, 1.807) is 35.0 Å². The number of halogens is 2. The summed E-state index contributed by atoms with van der Waals surface area (Å²) in [5, 5.41) is 23.1. The first kappa shape index (κ1) is 24.9. The van der Waals surface area contributed by atoms with Crippen LogP contribution < -0.4 is 5.73 Å². The third-order valence-corrected chi connectivity index (χ3v) is 8.36. The van der Waals surface area contributed by atoms with Gasteiger partial charge in [0.15, 0.2) is 6.23 Å². The molecule has 0 bridgehead atoms.